The average Bonchev–Trinajstić information content (AvgIpc) is 3.73. The molecule has 14 atom stereocenters. The monoisotopic (exact) mass is 923 g/mol. The molecule has 0 amide bonds. The summed E-state index contributed by atoms with van der Waals surface area (Å²) < 4.78 is 63.9. The van der Waals surface area contributed by atoms with E-state index in [0.29, 0.717) is 12.3 Å². The lowest BCUT2D eigenvalue weighted by Gasteiger charge is -2.49. The highest BCUT2D eigenvalue weighted by Gasteiger charge is 2.77. The van der Waals surface area contributed by atoms with Crippen molar-refractivity contribution in [1.82, 2.24) is 0 Å². The van der Waals surface area contributed by atoms with E-state index < -0.39 is 90.2 Å². The summed E-state index contributed by atoms with van der Waals surface area (Å²) in [7, 11) is -6.34. The van der Waals surface area contributed by atoms with Crippen LogP contribution >= 0.6 is 0 Å². The molecule has 3 heterocycles. The SMILES string of the molecule is CC(C)[Si]1(C(C)C)O[C@H]2[C@H]3OC4(C[C@@H]5CC[C@@]4(C)C5(C)C)O[C@H]3[C@H](O[C@H]3O[C@H](COCc4ccccc4)[C@@H](O)[C@H](OCc4ccccc4)[C@H]3N=[N+]=[N-])[C@@H](O)[C@@H]2O[Si](C(C)C)(C(C)C)O1. The first kappa shape index (κ1) is 48.2. The number of aliphatic hydroxyl groups excluding tert-OH is 2. The van der Waals surface area contributed by atoms with Crippen molar-refractivity contribution in [2.45, 2.75) is 204 Å². The van der Waals surface area contributed by atoms with Crippen molar-refractivity contribution in [3.05, 3.63) is 82.2 Å². The van der Waals surface area contributed by atoms with Crippen molar-refractivity contribution in [2.24, 2.45) is 21.9 Å². The molecule has 0 aromatic heterocycles. The van der Waals surface area contributed by atoms with Crippen molar-refractivity contribution in [1.29, 1.82) is 0 Å². The molecule has 1 unspecified atom stereocenters. The molecule has 2 N–H and O–H groups in total. The highest BCUT2D eigenvalue weighted by atomic mass is 28.5. The minimum atomic E-state index is -3.20. The predicted molar refractivity (Wildman–Crippen MR) is 244 cm³/mol. The van der Waals surface area contributed by atoms with Crippen LogP contribution in [0.5, 0.6) is 0 Å². The number of aliphatic hydroxyl groups is 2. The second-order valence-electron chi connectivity index (χ2n) is 21.3. The van der Waals surface area contributed by atoms with Crippen LogP contribution in [-0.4, -0.2) is 107 Å². The molecule has 6 aliphatic rings. The van der Waals surface area contributed by atoms with Crippen LogP contribution in [0.2, 0.25) is 22.2 Å². The lowest BCUT2D eigenvalue weighted by Crippen LogP contribution is -2.68. The molecule has 1 spiro atoms. The zero-order valence-electron chi connectivity index (χ0n) is 39.7. The summed E-state index contributed by atoms with van der Waals surface area (Å²) in [6.45, 7) is 24.7. The molecule has 14 nitrogen and oxygen atoms in total. The molecule has 6 fully saturated rings. The van der Waals surface area contributed by atoms with Gasteiger partial charge >= 0.3 is 17.1 Å². The van der Waals surface area contributed by atoms with Crippen LogP contribution in [0.25, 0.3) is 10.4 Å². The highest BCUT2D eigenvalue weighted by molar-refractivity contribution is 6.84. The van der Waals surface area contributed by atoms with Gasteiger partial charge in [-0.05, 0) is 63.0 Å². The molecule has 64 heavy (non-hydrogen) atoms. The van der Waals surface area contributed by atoms with Gasteiger partial charge in [-0.25, -0.2) is 0 Å². The van der Waals surface area contributed by atoms with Gasteiger partial charge in [0.05, 0.1) is 25.9 Å². The summed E-state index contributed by atoms with van der Waals surface area (Å²) in [4.78, 5) is 3.22. The van der Waals surface area contributed by atoms with Gasteiger partial charge in [-0.2, -0.15) is 0 Å². The Morgan fingerprint density at radius 2 is 1.31 bits per heavy atom. The Kier molecular flexibility index (Phi) is 13.8. The number of hydrogen-bond acceptors (Lipinski definition) is 12. The van der Waals surface area contributed by atoms with Gasteiger partial charge in [-0.15, -0.1) is 0 Å². The quantitative estimate of drug-likeness (QED) is 0.0802. The van der Waals surface area contributed by atoms with Gasteiger partial charge in [0.2, 0.25) is 0 Å². The number of fused-ring (bicyclic) bond motifs is 6. The molecule has 3 aliphatic carbocycles. The highest BCUT2D eigenvalue weighted by Crippen LogP contribution is 2.73. The second-order valence-corrected chi connectivity index (χ2v) is 30.1. The summed E-state index contributed by atoms with van der Waals surface area (Å²) in [5.74, 6) is -0.625. The number of nitrogens with zero attached hydrogens (tertiary/aromatic N) is 3. The fourth-order valence-corrected chi connectivity index (χ4v) is 23.5. The summed E-state index contributed by atoms with van der Waals surface area (Å²) in [6, 6.07) is 18.2. The minimum Gasteiger partial charge on any atom is -0.414 e. The Morgan fingerprint density at radius 1 is 0.750 bits per heavy atom. The van der Waals surface area contributed by atoms with Gasteiger partial charge in [0, 0.05) is 16.7 Å². The molecule has 2 aromatic rings. The first-order chi connectivity index (χ1) is 30.3. The fraction of sp³-hybridized carbons (Fsp3) is 0.750. The minimum absolute atomic E-state index is 0.0116. The molecule has 3 aliphatic heterocycles. The van der Waals surface area contributed by atoms with Crippen LogP contribution in [0.15, 0.2) is 65.8 Å². The fourth-order valence-electron chi connectivity index (χ4n) is 12.2. The Balaban J connectivity index is 1.20. The van der Waals surface area contributed by atoms with E-state index in [0.717, 1.165) is 24.0 Å². The standard InChI is InChI=1S/C48H73N3O11Si2/c1-28(2)63(29(3)4)60-41-38(53)40(42-43(44(41)61-64(62-63,30(5)6)31(7)8)59-48(58-42)24-34-22-23-47(48,11)46(34,9)10)57-45-36(50-51-49)39(55-26-33-20-16-13-17-21-33)37(52)35(56-45)27-54-25-32-18-14-12-15-19-32/h12-21,28-31,34-45,52-53H,22-27H2,1-11H3/t34-,35+,36+,37+,38+,39+,40+,41-,42-,43-,44+,45+,47-,48?/m0/s1. The molecule has 8 rings (SSSR count). The lowest BCUT2D eigenvalue weighted by molar-refractivity contribution is -0.316. The van der Waals surface area contributed by atoms with E-state index in [1.54, 1.807) is 0 Å². The predicted octanol–water partition coefficient (Wildman–Crippen LogP) is 8.96. The zero-order chi connectivity index (χ0) is 46.0. The number of rotatable bonds is 14. The van der Waals surface area contributed by atoms with Gasteiger partial charge in [-0.3, -0.25) is 0 Å². The Bertz CT molecular complexity index is 1940. The van der Waals surface area contributed by atoms with Crippen molar-refractivity contribution >= 4 is 17.1 Å². The molecule has 2 bridgehead atoms. The van der Waals surface area contributed by atoms with E-state index >= 15 is 0 Å². The first-order valence-electron chi connectivity index (χ1n) is 23.7. The van der Waals surface area contributed by atoms with E-state index in [2.05, 4.69) is 86.2 Å². The van der Waals surface area contributed by atoms with Crippen LogP contribution in [0.1, 0.15) is 107 Å². The Hall–Kier alpha value is -2.26. The van der Waals surface area contributed by atoms with E-state index in [1.807, 2.05) is 60.7 Å². The summed E-state index contributed by atoms with van der Waals surface area (Å²) in [5, 5.41) is 29.3. The van der Waals surface area contributed by atoms with E-state index in [4.69, 9.17) is 41.4 Å². The smallest absolute Gasteiger partial charge is 0.335 e. The van der Waals surface area contributed by atoms with Crippen LogP contribution < -0.4 is 0 Å². The van der Waals surface area contributed by atoms with Crippen molar-refractivity contribution in [3.63, 3.8) is 0 Å². The van der Waals surface area contributed by atoms with Crippen LogP contribution in [0.4, 0.5) is 0 Å². The summed E-state index contributed by atoms with van der Waals surface area (Å²) >= 11 is 0. The molecule has 16 heteroatoms. The van der Waals surface area contributed by atoms with E-state index in [-0.39, 0.29) is 52.8 Å². The number of hydrogen-bond donors (Lipinski definition) is 2. The van der Waals surface area contributed by atoms with E-state index in [1.165, 1.54) is 0 Å². The van der Waals surface area contributed by atoms with Gasteiger partial charge in [0.15, 0.2) is 12.1 Å². The third kappa shape index (κ3) is 7.98. The molecular formula is C48H73N3O11Si2. The molecule has 3 saturated carbocycles. The molecule has 3 saturated heterocycles. The van der Waals surface area contributed by atoms with Crippen LogP contribution in [-0.2, 0) is 54.6 Å². The van der Waals surface area contributed by atoms with Gasteiger partial charge < -0.3 is 51.6 Å². The third-order valence-corrected chi connectivity index (χ3v) is 26.7. The van der Waals surface area contributed by atoms with Crippen LogP contribution in [0.3, 0.4) is 0 Å². The summed E-state index contributed by atoms with van der Waals surface area (Å²) in [6.07, 6.45) is -7.57. The Labute approximate surface area is 382 Å². The normalized spacial score (nSPS) is 39.6. The maximum absolute atomic E-state index is 13.1. The molecule has 2 aromatic carbocycles. The summed E-state index contributed by atoms with van der Waals surface area (Å²) in [5.41, 5.74) is 11.6. The first-order valence-corrected chi connectivity index (χ1v) is 27.7. The van der Waals surface area contributed by atoms with Gasteiger partial charge in [-0.1, -0.05) is 142 Å². The van der Waals surface area contributed by atoms with Crippen molar-refractivity contribution < 1.29 is 51.6 Å². The topological polar surface area (TPSA) is 172 Å². The zero-order valence-corrected chi connectivity index (χ0v) is 41.7. The molecule has 0 radical (unpaired) electrons. The van der Waals surface area contributed by atoms with Gasteiger partial charge in [0.1, 0.15) is 54.9 Å². The molecule has 354 valence electrons. The second kappa shape index (κ2) is 18.3. The average molecular weight is 924 g/mol. The van der Waals surface area contributed by atoms with Crippen LogP contribution in [0, 0.1) is 16.7 Å². The number of ether oxygens (including phenoxy) is 6. The Morgan fingerprint density at radius 3 is 1.84 bits per heavy atom. The number of benzene rings is 2. The van der Waals surface area contributed by atoms with E-state index in [9.17, 15) is 15.7 Å². The largest absolute Gasteiger partial charge is 0.414 e. The number of azide groups is 1. The maximum atomic E-state index is 13.1. The van der Waals surface area contributed by atoms with Gasteiger partial charge in [0.25, 0.3) is 0 Å². The molecular weight excluding hydrogens is 851 g/mol. The third-order valence-electron chi connectivity index (χ3n) is 16.4. The van der Waals surface area contributed by atoms with Crippen molar-refractivity contribution in [3.8, 4) is 0 Å². The lowest BCUT2D eigenvalue weighted by atomic mass is 9.68. The maximum Gasteiger partial charge on any atom is 0.335 e. The van der Waals surface area contributed by atoms with Crippen molar-refractivity contribution in [2.75, 3.05) is 6.61 Å².